The number of hydrogen-bond donors (Lipinski definition) is 0. The molecule has 0 atom stereocenters. The van der Waals surface area contributed by atoms with Gasteiger partial charge in [0, 0.05) is 18.5 Å². The highest BCUT2D eigenvalue weighted by Gasteiger charge is 2.23. The van der Waals surface area contributed by atoms with Gasteiger partial charge in [0.2, 0.25) is 0 Å². The van der Waals surface area contributed by atoms with Crippen molar-refractivity contribution in [1.82, 2.24) is 18.9 Å². The summed E-state index contributed by atoms with van der Waals surface area (Å²) in [7, 11) is 0. The van der Waals surface area contributed by atoms with Crippen molar-refractivity contribution in [3.05, 3.63) is 66.4 Å². The quantitative estimate of drug-likeness (QED) is 0.155. The number of nitrogens with zero attached hydrogens (tertiary/aromatic N) is 4. The Balaban J connectivity index is 1.74. The molecule has 0 amide bonds. The first-order valence-corrected chi connectivity index (χ1v) is 12.9. The van der Waals surface area contributed by atoms with Crippen LogP contribution in [0, 0.1) is 5.82 Å². The topological polar surface area (TPSA) is 61.4 Å². The molecule has 0 aliphatic rings. The highest BCUT2D eigenvalue weighted by molar-refractivity contribution is 6.01. The van der Waals surface area contributed by atoms with Crippen molar-refractivity contribution in [1.29, 1.82) is 0 Å². The standard InChI is InChI=1S/C29H31FN4O2/c1-3-5-7-13-25-32-28-27(29-31-22-11-9-10-12-23(22)34(25)29)24(36-26(35)14-8-6-4-2)19-33(28)21-17-15-20(30)16-18-21/h9-12,15-19H,3-8,13-14H2,1-2H3. The van der Waals surface area contributed by atoms with E-state index in [0.717, 1.165) is 67.5 Å². The molecular formula is C29H31FN4O2. The normalized spacial score (nSPS) is 11.6. The van der Waals surface area contributed by atoms with Crippen LogP contribution in [-0.2, 0) is 11.2 Å². The average molecular weight is 487 g/mol. The molecule has 3 aromatic heterocycles. The van der Waals surface area contributed by atoms with Crippen molar-refractivity contribution in [2.45, 2.75) is 65.2 Å². The lowest BCUT2D eigenvalue weighted by Crippen LogP contribution is -2.08. The molecule has 0 fully saturated rings. The minimum atomic E-state index is -0.312. The molecule has 0 saturated carbocycles. The highest BCUT2D eigenvalue weighted by Crippen LogP contribution is 2.35. The smallest absolute Gasteiger partial charge is 0.311 e. The second kappa shape index (κ2) is 10.5. The lowest BCUT2D eigenvalue weighted by molar-refractivity contribution is -0.134. The van der Waals surface area contributed by atoms with Gasteiger partial charge in [0.15, 0.2) is 17.0 Å². The molecule has 0 radical (unpaired) electrons. The van der Waals surface area contributed by atoms with Gasteiger partial charge in [-0.2, -0.15) is 0 Å². The van der Waals surface area contributed by atoms with Gasteiger partial charge in [-0.25, -0.2) is 14.4 Å². The molecule has 5 rings (SSSR count). The number of halogens is 1. The number of aryl methyl sites for hydroxylation is 1. The van der Waals surface area contributed by atoms with Crippen LogP contribution in [0.3, 0.4) is 0 Å². The maximum atomic E-state index is 13.7. The Bertz CT molecular complexity index is 1520. The number of unbranched alkanes of at least 4 members (excludes halogenated alkanes) is 4. The van der Waals surface area contributed by atoms with Gasteiger partial charge in [0.25, 0.3) is 0 Å². The number of rotatable bonds is 10. The molecule has 36 heavy (non-hydrogen) atoms. The molecule has 0 spiro atoms. The van der Waals surface area contributed by atoms with Crippen molar-refractivity contribution in [2.75, 3.05) is 0 Å². The zero-order valence-corrected chi connectivity index (χ0v) is 20.8. The third kappa shape index (κ3) is 4.57. The largest absolute Gasteiger partial charge is 0.424 e. The van der Waals surface area contributed by atoms with Gasteiger partial charge in [0.1, 0.15) is 17.0 Å². The van der Waals surface area contributed by atoms with E-state index in [1.165, 1.54) is 12.1 Å². The van der Waals surface area contributed by atoms with E-state index in [0.29, 0.717) is 28.9 Å². The summed E-state index contributed by atoms with van der Waals surface area (Å²) < 4.78 is 23.6. The Morgan fingerprint density at radius 2 is 1.67 bits per heavy atom. The second-order valence-corrected chi connectivity index (χ2v) is 9.21. The molecule has 0 unspecified atom stereocenters. The SMILES string of the molecule is CCCCCC(=O)Oc1cn(-c2ccc(F)cc2)c2nc(CCCCC)n3c4ccccc4nc3c12. The number of imidazole rings is 1. The first-order chi connectivity index (χ1) is 17.6. The number of esters is 1. The average Bonchev–Trinajstić information content (AvgIpc) is 3.43. The van der Waals surface area contributed by atoms with Gasteiger partial charge in [0.05, 0.1) is 17.2 Å². The third-order valence-electron chi connectivity index (χ3n) is 6.54. The summed E-state index contributed by atoms with van der Waals surface area (Å²) >= 11 is 0. The van der Waals surface area contributed by atoms with E-state index in [4.69, 9.17) is 14.7 Å². The molecule has 3 heterocycles. The van der Waals surface area contributed by atoms with E-state index in [1.807, 2.05) is 28.8 Å². The Morgan fingerprint density at radius 3 is 2.44 bits per heavy atom. The number of benzene rings is 2. The van der Waals surface area contributed by atoms with Crippen LogP contribution in [0.25, 0.3) is 33.4 Å². The Labute approximate surface area is 209 Å². The van der Waals surface area contributed by atoms with Gasteiger partial charge in [-0.15, -0.1) is 0 Å². The van der Waals surface area contributed by atoms with Crippen LogP contribution >= 0.6 is 0 Å². The Morgan fingerprint density at radius 1 is 0.917 bits per heavy atom. The molecule has 0 aliphatic carbocycles. The maximum absolute atomic E-state index is 13.7. The van der Waals surface area contributed by atoms with Crippen LogP contribution in [0.5, 0.6) is 5.75 Å². The fourth-order valence-corrected chi connectivity index (χ4v) is 4.69. The van der Waals surface area contributed by atoms with E-state index >= 15 is 0 Å². The fourth-order valence-electron chi connectivity index (χ4n) is 4.69. The number of ether oxygens (including phenoxy) is 1. The number of para-hydroxylation sites is 2. The van der Waals surface area contributed by atoms with Crippen molar-refractivity contribution in [3.8, 4) is 11.4 Å². The molecule has 0 aliphatic heterocycles. The summed E-state index contributed by atoms with van der Waals surface area (Å²) in [4.78, 5) is 22.8. The Hall–Kier alpha value is -3.74. The van der Waals surface area contributed by atoms with E-state index in [1.54, 1.807) is 18.3 Å². The number of aromatic nitrogens is 4. The van der Waals surface area contributed by atoms with E-state index < -0.39 is 0 Å². The van der Waals surface area contributed by atoms with Crippen LogP contribution < -0.4 is 4.74 Å². The van der Waals surface area contributed by atoms with Gasteiger partial charge in [-0.05, 0) is 49.2 Å². The third-order valence-corrected chi connectivity index (χ3v) is 6.54. The summed E-state index contributed by atoms with van der Waals surface area (Å²) in [6.45, 7) is 4.28. The number of hydrogen-bond acceptors (Lipinski definition) is 4. The van der Waals surface area contributed by atoms with Gasteiger partial charge in [-0.3, -0.25) is 13.8 Å². The minimum Gasteiger partial charge on any atom is -0.424 e. The molecule has 0 saturated heterocycles. The summed E-state index contributed by atoms with van der Waals surface area (Å²) in [6, 6.07) is 14.2. The monoisotopic (exact) mass is 486 g/mol. The van der Waals surface area contributed by atoms with Crippen LogP contribution in [0.15, 0.2) is 54.7 Å². The zero-order valence-electron chi connectivity index (χ0n) is 20.8. The van der Waals surface area contributed by atoms with Gasteiger partial charge >= 0.3 is 5.97 Å². The van der Waals surface area contributed by atoms with Crippen molar-refractivity contribution in [3.63, 3.8) is 0 Å². The number of carbonyl (C=O) groups excluding carboxylic acids is 1. The molecule has 186 valence electrons. The molecule has 5 aromatic rings. The van der Waals surface area contributed by atoms with Gasteiger partial charge < -0.3 is 4.74 Å². The summed E-state index contributed by atoms with van der Waals surface area (Å²) in [5.74, 6) is 0.737. The van der Waals surface area contributed by atoms with Crippen molar-refractivity contribution in [2.24, 2.45) is 0 Å². The lowest BCUT2D eigenvalue weighted by Gasteiger charge is -2.10. The zero-order chi connectivity index (χ0) is 25.1. The first-order valence-electron chi connectivity index (χ1n) is 12.9. The first kappa shape index (κ1) is 24.0. The van der Waals surface area contributed by atoms with Crippen LogP contribution in [-0.4, -0.2) is 24.9 Å². The van der Waals surface area contributed by atoms with Crippen molar-refractivity contribution >= 4 is 33.7 Å². The van der Waals surface area contributed by atoms with Crippen LogP contribution in [0.4, 0.5) is 4.39 Å². The predicted octanol–water partition coefficient (Wildman–Crippen LogP) is 7.18. The highest BCUT2D eigenvalue weighted by atomic mass is 19.1. The summed E-state index contributed by atoms with van der Waals surface area (Å²) in [6.07, 6.45) is 8.94. The summed E-state index contributed by atoms with van der Waals surface area (Å²) in [5, 5.41) is 0.679. The fraction of sp³-hybridized carbons (Fsp3) is 0.345. The molecule has 0 N–H and O–H groups in total. The molecular weight excluding hydrogens is 455 g/mol. The number of carbonyl (C=O) groups is 1. The van der Waals surface area contributed by atoms with Gasteiger partial charge in [-0.1, -0.05) is 51.7 Å². The van der Waals surface area contributed by atoms with Crippen molar-refractivity contribution < 1.29 is 13.9 Å². The van der Waals surface area contributed by atoms with E-state index in [9.17, 15) is 9.18 Å². The molecule has 0 bridgehead atoms. The maximum Gasteiger partial charge on any atom is 0.311 e. The van der Waals surface area contributed by atoms with E-state index in [2.05, 4.69) is 18.2 Å². The lowest BCUT2D eigenvalue weighted by atomic mass is 10.2. The minimum absolute atomic E-state index is 0.275. The molecule has 6 nitrogen and oxygen atoms in total. The van der Waals surface area contributed by atoms with Crippen LogP contribution in [0.2, 0.25) is 0 Å². The number of fused-ring (bicyclic) bond motifs is 5. The second-order valence-electron chi connectivity index (χ2n) is 9.21. The summed E-state index contributed by atoms with van der Waals surface area (Å²) in [5.41, 5.74) is 3.93. The Kier molecular flexibility index (Phi) is 6.98. The molecule has 2 aromatic carbocycles. The predicted molar refractivity (Wildman–Crippen MR) is 140 cm³/mol. The van der Waals surface area contributed by atoms with E-state index in [-0.39, 0.29) is 11.8 Å². The van der Waals surface area contributed by atoms with Crippen LogP contribution in [0.1, 0.15) is 64.6 Å². The molecule has 7 heteroatoms.